The molecule has 0 aliphatic carbocycles. The first kappa shape index (κ1) is 9.83. The highest BCUT2D eigenvalue weighted by Gasteiger charge is 2.09. The molecule has 2 rings (SSSR count). The van der Waals surface area contributed by atoms with Crippen molar-refractivity contribution in [2.75, 3.05) is 0 Å². The summed E-state index contributed by atoms with van der Waals surface area (Å²) >= 11 is 5.04. The smallest absolute Gasteiger partial charge is 0.0661 e. The van der Waals surface area contributed by atoms with Crippen LogP contribution in [0.5, 0.6) is 0 Å². The predicted octanol–water partition coefficient (Wildman–Crippen LogP) is 2.95. The molecule has 0 radical (unpaired) electrons. The Kier molecular flexibility index (Phi) is 2.96. The van der Waals surface area contributed by atoms with E-state index in [-0.39, 0.29) is 6.04 Å². The molecule has 2 aromatic heterocycles. The maximum atomic E-state index is 6.08. The van der Waals surface area contributed by atoms with Crippen LogP contribution in [0.4, 0.5) is 0 Å². The summed E-state index contributed by atoms with van der Waals surface area (Å²) in [5.41, 5.74) is 7.11. The summed E-state index contributed by atoms with van der Waals surface area (Å²) in [6.45, 7) is 0. The Hall–Kier alpha value is -0.710. The molecule has 0 aliphatic rings. The van der Waals surface area contributed by atoms with Crippen LogP contribution in [-0.4, -0.2) is 4.98 Å². The van der Waals surface area contributed by atoms with Crippen LogP contribution in [-0.2, 0) is 0 Å². The van der Waals surface area contributed by atoms with Crippen molar-refractivity contribution in [2.45, 2.75) is 6.04 Å². The standard InChI is InChI=1S/C10H9BrN2S/c11-8-4-7(5-13-6-8)10(12)9-2-1-3-14-9/h1-6,10H,12H2/t10-/m1/s1. The predicted molar refractivity (Wildman–Crippen MR) is 62.3 cm³/mol. The van der Waals surface area contributed by atoms with Crippen LogP contribution in [0, 0.1) is 0 Å². The minimum Gasteiger partial charge on any atom is -0.320 e. The number of nitrogens with zero attached hydrogens (tertiary/aromatic N) is 1. The van der Waals surface area contributed by atoms with Crippen LogP contribution >= 0.6 is 27.3 Å². The lowest BCUT2D eigenvalue weighted by Gasteiger charge is -2.09. The Bertz CT molecular complexity index is 414. The number of nitrogens with two attached hydrogens (primary N) is 1. The van der Waals surface area contributed by atoms with E-state index in [2.05, 4.69) is 20.9 Å². The van der Waals surface area contributed by atoms with Gasteiger partial charge in [0, 0.05) is 21.7 Å². The van der Waals surface area contributed by atoms with Crippen LogP contribution < -0.4 is 5.73 Å². The summed E-state index contributed by atoms with van der Waals surface area (Å²) in [7, 11) is 0. The molecule has 0 fully saturated rings. The molecule has 0 unspecified atom stereocenters. The quantitative estimate of drug-likeness (QED) is 0.910. The lowest BCUT2D eigenvalue weighted by molar-refractivity contribution is 0.882. The Morgan fingerprint density at radius 3 is 2.93 bits per heavy atom. The Balaban J connectivity index is 2.32. The number of pyridine rings is 1. The normalized spacial score (nSPS) is 12.7. The average Bonchev–Trinajstić information content (AvgIpc) is 2.69. The second kappa shape index (κ2) is 4.21. The van der Waals surface area contributed by atoms with Crippen LogP contribution in [0.1, 0.15) is 16.5 Å². The van der Waals surface area contributed by atoms with Crippen LogP contribution in [0.2, 0.25) is 0 Å². The number of thiophene rings is 1. The Morgan fingerprint density at radius 1 is 1.43 bits per heavy atom. The molecule has 0 aromatic carbocycles. The number of hydrogen-bond acceptors (Lipinski definition) is 3. The second-order valence-corrected chi connectivity index (χ2v) is 4.82. The molecule has 2 heterocycles. The summed E-state index contributed by atoms with van der Waals surface area (Å²) in [5.74, 6) is 0. The van der Waals surface area contributed by atoms with E-state index in [0.29, 0.717) is 0 Å². The van der Waals surface area contributed by atoms with Gasteiger partial charge in [-0.3, -0.25) is 4.98 Å². The van der Waals surface area contributed by atoms with Crippen molar-refractivity contribution in [1.82, 2.24) is 4.98 Å². The Labute approximate surface area is 94.9 Å². The molecule has 4 heteroatoms. The molecule has 0 bridgehead atoms. The summed E-state index contributed by atoms with van der Waals surface area (Å²) in [6, 6.07) is 5.97. The minimum atomic E-state index is -0.0694. The molecule has 1 atom stereocenters. The highest BCUT2D eigenvalue weighted by molar-refractivity contribution is 9.10. The first-order valence-electron chi connectivity index (χ1n) is 4.17. The van der Waals surface area contributed by atoms with E-state index in [4.69, 9.17) is 5.73 Å². The van der Waals surface area contributed by atoms with Crippen molar-refractivity contribution in [2.24, 2.45) is 5.73 Å². The molecule has 2 N–H and O–H groups in total. The monoisotopic (exact) mass is 268 g/mol. The molecule has 0 aliphatic heterocycles. The molecule has 0 saturated carbocycles. The largest absolute Gasteiger partial charge is 0.320 e. The fraction of sp³-hybridized carbons (Fsp3) is 0.100. The highest BCUT2D eigenvalue weighted by atomic mass is 79.9. The zero-order valence-electron chi connectivity index (χ0n) is 7.35. The van der Waals surface area contributed by atoms with Crippen molar-refractivity contribution in [3.63, 3.8) is 0 Å². The first-order valence-corrected chi connectivity index (χ1v) is 5.84. The summed E-state index contributed by atoms with van der Waals surface area (Å²) < 4.78 is 0.960. The fourth-order valence-electron chi connectivity index (χ4n) is 1.23. The fourth-order valence-corrected chi connectivity index (χ4v) is 2.37. The maximum absolute atomic E-state index is 6.08. The molecular weight excluding hydrogens is 260 g/mol. The van der Waals surface area contributed by atoms with E-state index >= 15 is 0 Å². The van der Waals surface area contributed by atoms with Crippen molar-refractivity contribution in [3.8, 4) is 0 Å². The Morgan fingerprint density at radius 2 is 2.29 bits per heavy atom. The van der Waals surface area contributed by atoms with E-state index in [1.807, 2.05) is 23.6 Å². The van der Waals surface area contributed by atoms with Crippen LogP contribution in [0.3, 0.4) is 0 Å². The van der Waals surface area contributed by atoms with Crippen LogP contribution in [0.25, 0.3) is 0 Å². The number of rotatable bonds is 2. The van der Waals surface area contributed by atoms with Gasteiger partial charge in [0.2, 0.25) is 0 Å². The topological polar surface area (TPSA) is 38.9 Å². The number of aromatic nitrogens is 1. The first-order chi connectivity index (χ1) is 6.77. The number of hydrogen-bond donors (Lipinski definition) is 1. The van der Waals surface area contributed by atoms with Gasteiger partial charge in [-0.25, -0.2) is 0 Å². The average molecular weight is 269 g/mol. The van der Waals surface area contributed by atoms with E-state index in [9.17, 15) is 0 Å². The third kappa shape index (κ3) is 2.03. The van der Waals surface area contributed by atoms with Gasteiger partial charge in [0.05, 0.1) is 6.04 Å². The van der Waals surface area contributed by atoms with Gasteiger partial charge in [0.15, 0.2) is 0 Å². The zero-order valence-corrected chi connectivity index (χ0v) is 9.75. The lowest BCUT2D eigenvalue weighted by Crippen LogP contribution is -2.10. The third-order valence-electron chi connectivity index (χ3n) is 1.93. The molecule has 72 valence electrons. The number of halogens is 1. The van der Waals surface area contributed by atoms with Gasteiger partial charge in [0.25, 0.3) is 0 Å². The van der Waals surface area contributed by atoms with Gasteiger partial charge in [0.1, 0.15) is 0 Å². The van der Waals surface area contributed by atoms with Crippen molar-refractivity contribution in [1.29, 1.82) is 0 Å². The summed E-state index contributed by atoms with van der Waals surface area (Å²) in [5, 5.41) is 2.03. The SMILES string of the molecule is N[C@H](c1cncc(Br)c1)c1cccs1. The minimum absolute atomic E-state index is 0.0694. The zero-order chi connectivity index (χ0) is 9.97. The molecule has 2 aromatic rings. The second-order valence-electron chi connectivity index (χ2n) is 2.93. The summed E-state index contributed by atoms with van der Waals surface area (Å²) in [4.78, 5) is 5.25. The van der Waals surface area contributed by atoms with Gasteiger partial charge in [-0.2, -0.15) is 0 Å². The van der Waals surface area contributed by atoms with Crippen molar-refractivity contribution < 1.29 is 0 Å². The highest BCUT2D eigenvalue weighted by Crippen LogP contribution is 2.24. The van der Waals surface area contributed by atoms with Gasteiger partial charge in [-0.15, -0.1) is 11.3 Å². The van der Waals surface area contributed by atoms with E-state index in [0.717, 1.165) is 14.9 Å². The van der Waals surface area contributed by atoms with Gasteiger partial charge in [-0.05, 0) is 39.0 Å². The third-order valence-corrected chi connectivity index (χ3v) is 3.32. The maximum Gasteiger partial charge on any atom is 0.0661 e. The lowest BCUT2D eigenvalue weighted by atomic mass is 10.1. The van der Waals surface area contributed by atoms with Crippen LogP contribution in [0.15, 0.2) is 40.4 Å². The molecule has 0 spiro atoms. The summed E-state index contributed by atoms with van der Waals surface area (Å²) in [6.07, 6.45) is 3.56. The van der Waals surface area contributed by atoms with E-state index in [1.165, 1.54) is 0 Å². The molecule has 14 heavy (non-hydrogen) atoms. The molecule has 2 nitrogen and oxygen atoms in total. The van der Waals surface area contributed by atoms with Crippen molar-refractivity contribution >= 4 is 27.3 Å². The molecule has 0 amide bonds. The molecule has 0 saturated heterocycles. The van der Waals surface area contributed by atoms with Gasteiger partial charge in [-0.1, -0.05) is 6.07 Å². The van der Waals surface area contributed by atoms with Crippen molar-refractivity contribution in [3.05, 3.63) is 50.9 Å². The van der Waals surface area contributed by atoms with Gasteiger partial charge < -0.3 is 5.73 Å². The molecular formula is C10H9BrN2S. The van der Waals surface area contributed by atoms with E-state index in [1.54, 1.807) is 23.7 Å². The van der Waals surface area contributed by atoms with E-state index < -0.39 is 0 Å². The van der Waals surface area contributed by atoms with Gasteiger partial charge >= 0.3 is 0 Å².